The Morgan fingerprint density at radius 3 is 2.61 bits per heavy atom. The molecule has 1 aliphatic rings. The molecule has 0 radical (unpaired) electrons. The van der Waals surface area contributed by atoms with Gasteiger partial charge in [0.2, 0.25) is 10.0 Å². The Morgan fingerprint density at radius 1 is 1.24 bits per heavy atom. The largest absolute Gasteiger partial charge is 0.366 e. The molecule has 9 nitrogen and oxygen atoms in total. The number of hydrogen-bond acceptors (Lipinski definition) is 5. The van der Waals surface area contributed by atoms with Crippen LogP contribution in [0, 0.1) is 0 Å². The molecular formula is C23H32N6O3S. The van der Waals surface area contributed by atoms with Crippen molar-refractivity contribution in [2.24, 2.45) is 5.73 Å². The van der Waals surface area contributed by atoms with Crippen molar-refractivity contribution in [3.8, 4) is 11.1 Å². The zero-order chi connectivity index (χ0) is 23.8. The van der Waals surface area contributed by atoms with Crippen LogP contribution in [-0.2, 0) is 16.6 Å². The van der Waals surface area contributed by atoms with Gasteiger partial charge in [-0.15, -0.1) is 0 Å². The van der Waals surface area contributed by atoms with Gasteiger partial charge in [-0.25, -0.2) is 12.7 Å². The number of hydrogen-bond donors (Lipinski definition) is 2. The van der Waals surface area contributed by atoms with E-state index in [9.17, 15) is 13.2 Å². The van der Waals surface area contributed by atoms with Crippen LogP contribution in [0.25, 0.3) is 22.0 Å². The number of carbonyl (C=O) groups excluding carboxylic acids is 1. The number of fused-ring (bicyclic) bond motifs is 1. The molecule has 1 aromatic carbocycles. The van der Waals surface area contributed by atoms with Crippen LogP contribution >= 0.6 is 0 Å². The van der Waals surface area contributed by atoms with E-state index in [4.69, 9.17) is 5.73 Å². The van der Waals surface area contributed by atoms with Crippen LogP contribution in [0.3, 0.4) is 0 Å². The smallest absolute Gasteiger partial charge is 0.250 e. The predicted molar refractivity (Wildman–Crippen MR) is 130 cm³/mol. The second-order valence-electron chi connectivity index (χ2n) is 8.92. The van der Waals surface area contributed by atoms with Crippen molar-refractivity contribution in [2.45, 2.75) is 32.2 Å². The van der Waals surface area contributed by atoms with E-state index in [-0.39, 0.29) is 11.7 Å². The molecule has 1 fully saturated rings. The molecule has 0 unspecified atom stereocenters. The number of nitrogens with zero attached hydrogens (tertiary/aromatic N) is 4. The minimum Gasteiger partial charge on any atom is -0.366 e. The average Bonchev–Trinajstić information content (AvgIpc) is 3.44. The zero-order valence-electron chi connectivity index (χ0n) is 19.4. The average molecular weight is 473 g/mol. The van der Waals surface area contributed by atoms with Crippen LogP contribution in [-0.4, -0.2) is 77.8 Å². The fourth-order valence-electron chi connectivity index (χ4n) is 4.52. The number of sulfonamides is 1. The lowest BCUT2D eigenvalue weighted by molar-refractivity contribution is 0.100. The molecule has 1 amide bonds. The Morgan fingerprint density at radius 2 is 1.97 bits per heavy atom. The molecule has 1 saturated heterocycles. The Bertz CT molecular complexity index is 1250. The summed E-state index contributed by atoms with van der Waals surface area (Å²) in [4.78, 5) is 17.6. The Hall–Kier alpha value is -2.69. The van der Waals surface area contributed by atoms with E-state index in [0.29, 0.717) is 18.7 Å². The summed E-state index contributed by atoms with van der Waals surface area (Å²) in [6, 6.07) is 3.89. The number of aromatic amines is 1. The van der Waals surface area contributed by atoms with E-state index in [1.165, 1.54) is 0 Å². The van der Waals surface area contributed by atoms with E-state index in [1.54, 1.807) is 11.2 Å². The summed E-state index contributed by atoms with van der Waals surface area (Å²) in [5.74, 6) is -0.154. The van der Waals surface area contributed by atoms with Crippen molar-refractivity contribution in [3.05, 3.63) is 41.9 Å². The third-order valence-corrected chi connectivity index (χ3v) is 8.36. The van der Waals surface area contributed by atoms with Crippen molar-refractivity contribution in [2.75, 3.05) is 39.5 Å². The van der Waals surface area contributed by atoms with Crippen LogP contribution < -0.4 is 5.73 Å². The zero-order valence-corrected chi connectivity index (χ0v) is 20.2. The number of nitrogens with two attached hydrogens (primary N) is 1. The normalized spacial score (nSPS) is 16.1. The van der Waals surface area contributed by atoms with Gasteiger partial charge in [-0.3, -0.25) is 9.48 Å². The summed E-state index contributed by atoms with van der Waals surface area (Å²) in [6.07, 6.45) is 7.21. The second kappa shape index (κ2) is 9.28. The van der Waals surface area contributed by atoms with E-state index < -0.39 is 15.9 Å². The molecule has 0 spiro atoms. The molecular weight excluding hydrogens is 440 g/mol. The third kappa shape index (κ3) is 4.83. The number of nitrogens with one attached hydrogen (secondary N) is 1. The summed E-state index contributed by atoms with van der Waals surface area (Å²) in [6.45, 7) is 4.34. The maximum Gasteiger partial charge on any atom is 0.250 e. The lowest BCUT2D eigenvalue weighted by atomic mass is 9.88. The summed E-state index contributed by atoms with van der Waals surface area (Å²) in [5, 5.41) is 5.42. The van der Waals surface area contributed by atoms with Crippen LogP contribution in [0.4, 0.5) is 0 Å². The summed E-state index contributed by atoms with van der Waals surface area (Å²) < 4.78 is 27.9. The first-order valence-corrected chi connectivity index (χ1v) is 12.9. The highest BCUT2D eigenvalue weighted by atomic mass is 32.2. The summed E-state index contributed by atoms with van der Waals surface area (Å²) >= 11 is 0. The monoisotopic (exact) mass is 472 g/mol. The molecule has 4 rings (SSSR count). The van der Waals surface area contributed by atoms with Gasteiger partial charge in [0, 0.05) is 43.0 Å². The van der Waals surface area contributed by atoms with Crippen LogP contribution in [0.15, 0.2) is 30.7 Å². The number of primary amides is 1. The molecule has 1 aliphatic heterocycles. The van der Waals surface area contributed by atoms with Crippen LogP contribution in [0.5, 0.6) is 0 Å². The second-order valence-corrected chi connectivity index (χ2v) is 11.2. The summed E-state index contributed by atoms with van der Waals surface area (Å²) in [5.41, 5.74) is 9.81. The first kappa shape index (κ1) is 23.5. The topological polar surface area (TPSA) is 117 Å². The molecule has 3 heterocycles. The molecule has 178 valence electrons. The van der Waals surface area contributed by atoms with Crippen molar-refractivity contribution >= 4 is 26.8 Å². The van der Waals surface area contributed by atoms with Gasteiger partial charge in [-0.1, -0.05) is 0 Å². The fraction of sp³-hybridized carbons (Fsp3) is 0.478. The highest BCUT2D eigenvalue weighted by Gasteiger charge is 2.29. The van der Waals surface area contributed by atoms with Gasteiger partial charge in [0.25, 0.3) is 5.91 Å². The maximum atomic E-state index is 12.3. The SMILES string of the molecule is CCS(=O)(=O)N1CCC(c2c[nH]c3c(C(N)=O)cc(-c4cnn(CCN(C)C)c4)cc23)CC1. The Kier molecular flexibility index (Phi) is 6.60. The van der Waals surface area contributed by atoms with E-state index in [2.05, 4.69) is 21.0 Å². The number of aromatic nitrogens is 3. The molecule has 33 heavy (non-hydrogen) atoms. The number of piperidine rings is 1. The molecule has 0 atom stereocenters. The van der Waals surface area contributed by atoms with E-state index >= 15 is 0 Å². The van der Waals surface area contributed by atoms with Crippen LogP contribution in [0.2, 0.25) is 0 Å². The highest BCUT2D eigenvalue weighted by molar-refractivity contribution is 7.89. The van der Waals surface area contributed by atoms with Gasteiger partial charge in [-0.05, 0) is 63.0 Å². The van der Waals surface area contributed by atoms with Gasteiger partial charge in [0.05, 0.1) is 29.6 Å². The van der Waals surface area contributed by atoms with Crippen molar-refractivity contribution < 1.29 is 13.2 Å². The number of rotatable bonds is 8. The molecule has 0 saturated carbocycles. The fourth-order valence-corrected chi connectivity index (χ4v) is 5.65. The lowest BCUT2D eigenvalue weighted by Crippen LogP contribution is -2.38. The minimum atomic E-state index is -3.17. The number of carbonyl (C=O) groups is 1. The molecule has 0 bridgehead atoms. The summed E-state index contributed by atoms with van der Waals surface area (Å²) in [7, 11) is 0.869. The predicted octanol–water partition coefficient (Wildman–Crippen LogP) is 2.22. The van der Waals surface area contributed by atoms with Crippen molar-refractivity contribution in [3.63, 3.8) is 0 Å². The van der Waals surface area contributed by atoms with Gasteiger partial charge in [0.1, 0.15) is 0 Å². The van der Waals surface area contributed by atoms with Gasteiger partial charge >= 0.3 is 0 Å². The molecule has 3 aromatic rings. The third-order valence-electron chi connectivity index (χ3n) is 6.48. The lowest BCUT2D eigenvalue weighted by Gasteiger charge is -2.31. The molecule has 10 heteroatoms. The quantitative estimate of drug-likeness (QED) is 0.521. The number of amides is 1. The Labute approximate surface area is 194 Å². The number of likely N-dealkylation sites (N-methyl/N-ethyl adjacent to an activating group) is 1. The Balaban J connectivity index is 1.67. The van der Waals surface area contributed by atoms with Crippen molar-refractivity contribution in [1.82, 2.24) is 24.0 Å². The number of benzene rings is 1. The van der Waals surface area contributed by atoms with Crippen molar-refractivity contribution in [1.29, 1.82) is 0 Å². The van der Waals surface area contributed by atoms with Gasteiger partial charge < -0.3 is 15.6 Å². The van der Waals surface area contributed by atoms with E-state index in [1.807, 2.05) is 43.4 Å². The standard InChI is InChI=1S/C23H32N6O3S/c1-4-33(31,32)29-7-5-16(6-8-29)21-14-25-22-19(21)11-17(12-20(22)23(24)30)18-13-26-28(15-18)10-9-27(2)3/h11-16,25H,4-10H2,1-3H3,(H2,24,30). The van der Waals surface area contributed by atoms with Gasteiger partial charge in [0.15, 0.2) is 0 Å². The van der Waals surface area contributed by atoms with Gasteiger partial charge in [-0.2, -0.15) is 5.10 Å². The molecule has 3 N–H and O–H groups in total. The highest BCUT2D eigenvalue weighted by Crippen LogP contribution is 2.37. The van der Waals surface area contributed by atoms with Crippen LogP contribution in [0.1, 0.15) is 41.6 Å². The first-order chi connectivity index (χ1) is 15.7. The first-order valence-electron chi connectivity index (χ1n) is 11.3. The minimum absolute atomic E-state index is 0.123. The molecule has 2 aromatic heterocycles. The number of H-pyrrole nitrogens is 1. The molecule has 0 aliphatic carbocycles. The van der Waals surface area contributed by atoms with E-state index in [0.717, 1.165) is 53.5 Å². The maximum absolute atomic E-state index is 12.3.